The van der Waals surface area contributed by atoms with Crippen LogP contribution in [0, 0.1) is 5.41 Å². The van der Waals surface area contributed by atoms with Gasteiger partial charge in [0.15, 0.2) is 0 Å². The van der Waals surface area contributed by atoms with Crippen LogP contribution in [-0.4, -0.2) is 12.6 Å². The van der Waals surface area contributed by atoms with Crippen LogP contribution in [0.2, 0.25) is 0 Å². The first kappa shape index (κ1) is 17.0. The van der Waals surface area contributed by atoms with E-state index < -0.39 is 0 Å². The predicted octanol–water partition coefficient (Wildman–Crippen LogP) is 4.52. The molecule has 114 valence electrons. The lowest BCUT2D eigenvalue weighted by molar-refractivity contribution is 0.205. The Morgan fingerprint density at radius 3 is 2.00 bits per heavy atom. The zero-order valence-electron chi connectivity index (χ0n) is 14.0. The minimum absolute atomic E-state index is 0.114. The lowest BCUT2D eigenvalue weighted by atomic mass is 9.72. The summed E-state index contributed by atoms with van der Waals surface area (Å²) in [5.41, 5.74) is 7.54. The van der Waals surface area contributed by atoms with Gasteiger partial charge >= 0.3 is 0 Å². The largest absolute Gasteiger partial charge is 0.489 e. The number of nitrogens with two attached hydrogens (primary N) is 1. The van der Waals surface area contributed by atoms with Crippen LogP contribution in [0.1, 0.15) is 59.9 Å². The molecule has 1 rings (SSSR count). The van der Waals surface area contributed by atoms with Crippen LogP contribution in [0.4, 0.5) is 0 Å². The first-order chi connectivity index (χ1) is 9.18. The van der Waals surface area contributed by atoms with Gasteiger partial charge in [-0.1, -0.05) is 53.7 Å². The third-order valence-corrected chi connectivity index (χ3v) is 3.63. The molecule has 0 aromatic heterocycles. The molecule has 0 spiro atoms. The Hall–Kier alpha value is -1.02. The molecule has 1 unspecified atom stereocenters. The molecule has 0 saturated heterocycles. The zero-order chi connectivity index (χ0) is 15.4. The minimum Gasteiger partial charge on any atom is -0.489 e. The maximum absolute atomic E-state index is 5.86. The van der Waals surface area contributed by atoms with E-state index in [2.05, 4.69) is 65.8 Å². The van der Waals surface area contributed by atoms with Gasteiger partial charge in [-0.3, -0.25) is 0 Å². The molecule has 2 N–H and O–H groups in total. The quantitative estimate of drug-likeness (QED) is 0.830. The van der Waals surface area contributed by atoms with Gasteiger partial charge in [-0.05, 0) is 41.4 Å². The van der Waals surface area contributed by atoms with E-state index in [0.717, 1.165) is 18.6 Å². The van der Waals surface area contributed by atoms with E-state index in [1.54, 1.807) is 0 Å². The molecule has 0 aliphatic rings. The summed E-state index contributed by atoms with van der Waals surface area (Å²) in [5.74, 6) is 0.914. The first-order valence-corrected chi connectivity index (χ1v) is 7.65. The smallest absolute Gasteiger partial charge is 0.119 e. The third-order valence-electron chi connectivity index (χ3n) is 3.63. The highest BCUT2D eigenvalue weighted by atomic mass is 16.5. The van der Waals surface area contributed by atoms with Crippen molar-refractivity contribution in [1.82, 2.24) is 0 Å². The van der Waals surface area contributed by atoms with Gasteiger partial charge in [0, 0.05) is 6.54 Å². The molecule has 0 saturated carbocycles. The van der Waals surface area contributed by atoms with Crippen molar-refractivity contribution in [3.8, 4) is 5.75 Å². The molecular formula is C18H31NO. The van der Waals surface area contributed by atoms with Crippen molar-refractivity contribution in [3.05, 3.63) is 29.8 Å². The molecule has 2 nitrogen and oxygen atoms in total. The second-order valence-electron chi connectivity index (χ2n) is 7.53. The Bertz CT molecular complexity index is 396. The van der Waals surface area contributed by atoms with Crippen LogP contribution in [0.3, 0.4) is 0 Å². The van der Waals surface area contributed by atoms with Crippen molar-refractivity contribution in [2.75, 3.05) is 6.54 Å². The molecule has 0 amide bonds. The average molecular weight is 277 g/mol. The SMILES string of the molecule is CCC(CN)Oc1ccc(C(C)(C)CC(C)(C)C)cc1. The molecule has 0 heterocycles. The minimum atomic E-state index is 0.114. The van der Waals surface area contributed by atoms with E-state index in [-0.39, 0.29) is 11.5 Å². The predicted molar refractivity (Wildman–Crippen MR) is 87.3 cm³/mol. The lowest BCUT2D eigenvalue weighted by Gasteiger charge is -2.33. The van der Waals surface area contributed by atoms with Gasteiger partial charge in [0.25, 0.3) is 0 Å². The van der Waals surface area contributed by atoms with E-state index >= 15 is 0 Å². The Balaban J connectivity index is 2.80. The summed E-state index contributed by atoms with van der Waals surface area (Å²) < 4.78 is 5.86. The fourth-order valence-corrected chi connectivity index (χ4v) is 2.90. The summed E-state index contributed by atoms with van der Waals surface area (Å²) >= 11 is 0. The van der Waals surface area contributed by atoms with E-state index in [1.165, 1.54) is 5.56 Å². The Morgan fingerprint density at radius 1 is 1.05 bits per heavy atom. The molecule has 0 aliphatic carbocycles. The van der Waals surface area contributed by atoms with Gasteiger partial charge in [0.05, 0.1) is 0 Å². The topological polar surface area (TPSA) is 35.2 Å². The van der Waals surface area contributed by atoms with Crippen LogP contribution in [-0.2, 0) is 5.41 Å². The highest BCUT2D eigenvalue weighted by molar-refractivity contribution is 5.32. The Labute approximate surface area is 124 Å². The third kappa shape index (κ3) is 5.16. The molecule has 1 atom stereocenters. The fourth-order valence-electron chi connectivity index (χ4n) is 2.90. The highest BCUT2D eigenvalue weighted by Gasteiger charge is 2.27. The Morgan fingerprint density at radius 2 is 1.60 bits per heavy atom. The normalized spacial score (nSPS) is 14.2. The number of rotatable bonds is 6. The molecule has 0 radical (unpaired) electrons. The molecular weight excluding hydrogens is 246 g/mol. The van der Waals surface area contributed by atoms with E-state index in [0.29, 0.717) is 12.0 Å². The fraction of sp³-hybridized carbons (Fsp3) is 0.667. The number of hydrogen-bond acceptors (Lipinski definition) is 2. The van der Waals surface area contributed by atoms with E-state index in [9.17, 15) is 0 Å². The first-order valence-electron chi connectivity index (χ1n) is 7.65. The average Bonchev–Trinajstić information content (AvgIpc) is 2.33. The zero-order valence-corrected chi connectivity index (χ0v) is 14.0. The molecule has 1 aromatic carbocycles. The van der Waals surface area contributed by atoms with Crippen molar-refractivity contribution in [3.63, 3.8) is 0 Å². The van der Waals surface area contributed by atoms with E-state index in [1.807, 2.05) is 0 Å². The van der Waals surface area contributed by atoms with Crippen molar-refractivity contribution >= 4 is 0 Å². The molecule has 0 aliphatic heterocycles. The molecule has 0 bridgehead atoms. The number of ether oxygens (including phenoxy) is 1. The number of hydrogen-bond donors (Lipinski definition) is 1. The molecule has 20 heavy (non-hydrogen) atoms. The summed E-state index contributed by atoms with van der Waals surface area (Å²) in [6.45, 7) is 14.1. The molecule has 1 aromatic rings. The second kappa shape index (κ2) is 6.62. The van der Waals surface area contributed by atoms with Crippen molar-refractivity contribution in [1.29, 1.82) is 0 Å². The van der Waals surface area contributed by atoms with Gasteiger partial charge in [-0.15, -0.1) is 0 Å². The van der Waals surface area contributed by atoms with Gasteiger partial charge in [0.2, 0.25) is 0 Å². The standard InChI is InChI=1S/C18H31NO/c1-7-15(12-19)20-16-10-8-14(9-11-16)18(5,6)13-17(2,3)4/h8-11,15H,7,12-13,19H2,1-6H3. The van der Waals surface area contributed by atoms with Gasteiger partial charge in [-0.25, -0.2) is 0 Å². The lowest BCUT2D eigenvalue weighted by Crippen LogP contribution is -2.26. The van der Waals surface area contributed by atoms with Crippen molar-refractivity contribution in [2.45, 2.75) is 65.9 Å². The summed E-state index contributed by atoms with van der Waals surface area (Å²) in [7, 11) is 0. The highest BCUT2D eigenvalue weighted by Crippen LogP contribution is 2.36. The summed E-state index contributed by atoms with van der Waals surface area (Å²) in [6.07, 6.45) is 2.21. The van der Waals surface area contributed by atoms with Crippen LogP contribution in [0.25, 0.3) is 0 Å². The van der Waals surface area contributed by atoms with Crippen LogP contribution < -0.4 is 10.5 Å². The summed E-state index contributed by atoms with van der Waals surface area (Å²) in [5, 5.41) is 0. The monoisotopic (exact) mass is 277 g/mol. The van der Waals surface area contributed by atoms with Crippen LogP contribution in [0.15, 0.2) is 24.3 Å². The van der Waals surface area contributed by atoms with Crippen LogP contribution >= 0.6 is 0 Å². The van der Waals surface area contributed by atoms with Crippen molar-refractivity contribution in [2.24, 2.45) is 11.1 Å². The van der Waals surface area contributed by atoms with E-state index in [4.69, 9.17) is 10.5 Å². The second-order valence-corrected chi connectivity index (χ2v) is 7.53. The summed E-state index contributed by atoms with van der Waals surface area (Å²) in [4.78, 5) is 0. The summed E-state index contributed by atoms with van der Waals surface area (Å²) in [6, 6.07) is 8.50. The molecule has 0 fully saturated rings. The van der Waals surface area contributed by atoms with Gasteiger partial charge in [0.1, 0.15) is 11.9 Å². The van der Waals surface area contributed by atoms with Crippen molar-refractivity contribution < 1.29 is 4.74 Å². The van der Waals surface area contributed by atoms with Crippen LogP contribution in [0.5, 0.6) is 5.75 Å². The maximum atomic E-state index is 5.86. The Kier molecular flexibility index (Phi) is 5.64. The molecule has 2 heteroatoms. The maximum Gasteiger partial charge on any atom is 0.119 e. The van der Waals surface area contributed by atoms with Gasteiger partial charge in [-0.2, -0.15) is 0 Å². The van der Waals surface area contributed by atoms with Gasteiger partial charge < -0.3 is 10.5 Å². The number of benzene rings is 1.